The van der Waals surface area contributed by atoms with Crippen LogP contribution in [-0.2, 0) is 4.74 Å². The average molecular weight is 314 g/mol. The topological polar surface area (TPSA) is 9.23 Å². The van der Waals surface area contributed by atoms with E-state index in [1.165, 1.54) is 25.7 Å². The molecule has 0 spiro atoms. The van der Waals surface area contributed by atoms with Gasteiger partial charge < -0.3 is 4.74 Å². The van der Waals surface area contributed by atoms with Crippen LogP contribution in [0.5, 0.6) is 0 Å². The van der Waals surface area contributed by atoms with E-state index in [9.17, 15) is 8.78 Å². The lowest BCUT2D eigenvalue weighted by molar-refractivity contribution is -0.0928. The highest BCUT2D eigenvalue weighted by Gasteiger charge is 2.43. The summed E-state index contributed by atoms with van der Waals surface area (Å²) in [6.45, 7) is 4.83. The second kappa shape index (κ2) is 7.15. The first-order valence-electron chi connectivity index (χ1n) is 9.46. The van der Waals surface area contributed by atoms with Gasteiger partial charge in [-0.15, -0.1) is 0 Å². The van der Waals surface area contributed by atoms with E-state index in [1.807, 2.05) is 6.92 Å². The van der Waals surface area contributed by atoms with Crippen LogP contribution in [0.3, 0.4) is 0 Å². The van der Waals surface area contributed by atoms with Gasteiger partial charge in [-0.2, -0.15) is 0 Å². The molecule has 3 heteroatoms. The quantitative estimate of drug-likeness (QED) is 0.669. The van der Waals surface area contributed by atoms with Crippen molar-refractivity contribution in [3.8, 4) is 0 Å². The number of alkyl halides is 2. The molecule has 1 saturated heterocycles. The molecule has 3 fully saturated rings. The van der Waals surface area contributed by atoms with Crippen LogP contribution in [0.4, 0.5) is 8.78 Å². The maximum Gasteiger partial charge on any atom is 0.135 e. The number of ether oxygens (including phenoxy) is 1. The molecule has 6 atom stereocenters. The normalized spacial score (nSPS) is 50.7. The van der Waals surface area contributed by atoms with Gasteiger partial charge in [-0.3, -0.25) is 0 Å². The van der Waals surface area contributed by atoms with E-state index >= 15 is 0 Å². The van der Waals surface area contributed by atoms with Gasteiger partial charge in [0.15, 0.2) is 0 Å². The van der Waals surface area contributed by atoms with Crippen LogP contribution in [0.1, 0.15) is 65.2 Å². The largest absolute Gasteiger partial charge is 0.378 e. The van der Waals surface area contributed by atoms with E-state index in [0.29, 0.717) is 18.6 Å². The molecule has 3 rings (SSSR count). The molecule has 1 heterocycles. The van der Waals surface area contributed by atoms with Crippen LogP contribution in [0, 0.1) is 29.6 Å². The number of hydrogen-bond acceptors (Lipinski definition) is 1. The van der Waals surface area contributed by atoms with E-state index in [-0.39, 0.29) is 17.8 Å². The van der Waals surface area contributed by atoms with Crippen LogP contribution in [0.2, 0.25) is 0 Å². The van der Waals surface area contributed by atoms with Crippen molar-refractivity contribution in [2.75, 3.05) is 6.61 Å². The highest BCUT2D eigenvalue weighted by atomic mass is 19.2. The van der Waals surface area contributed by atoms with Gasteiger partial charge in [0.05, 0.1) is 12.7 Å². The van der Waals surface area contributed by atoms with E-state index in [0.717, 1.165) is 31.6 Å². The fourth-order valence-electron chi connectivity index (χ4n) is 4.98. The summed E-state index contributed by atoms with van der Waals surface area (Å²) in [7, 11) is 0. The summed E-state index contributed by atoms with van der Waals surface area (Å²) in [5.41, 5.74) is 0. The van der Waals surface area contributed by atoms with Crippen LogP contribution in [0.25, 0.3) is 0 Å². The number of hydrogen-bond donors (Lipinski definition) is 0. The van der Waals surface area contributed by atoms with Crippen molar-refractivity contribution in [1.29, 1.82) is 0 Å². The molecule has 2 aliphatic carbocycles. The minimum atomic E-state index is -1.27. The first-order valence-corrected chi connectivity index (χ1v) is 9.46. The summed E-state index contributed by atoms with van der Waals surface area (Å²) >= 11 is 0. The molecule has 0 N–H and O–H groups in total. The van der Waals surface area contributed by atoms with E-state index in [2.05, 4.69) is 6.92 Å². The van der Waals surface area contributed by atoms with Gasteiger partial charge in [0.25, 0.3) is 0 Å². The molecule has 0 bridgehead atoms. The second-order valence-electron chi connectivity index (χ2n) is 8.34. The smallest absolute Gasteiger partial charge is 0.135 e. The molecule has 0 amide bonds. The van der Waals surface area contributed by atoms with Crippen LogP contribution in [-0.4, -0.2) is 25.1 Å². The minimum absolute atomic E-state index is 0.112. The summed E-state index contributed by atoms with van der Waals surface area (Å²) < 4.78 is 34.4. The zero-order valence-electron chi connectivity index (χ0n) is 14.1. The van der Waals surface area contributed by atoms with Crippen molar-refractivity contribution < 1.29 is 13.5 Å². The van der Waals surface area contributed by atoms with Gasteiger partial charge >= 0.3 is 0 Å². The molecule has 0 aromatic carbocycles. The molecular weight excluding hydrogens is 282 g/mol. The van der Waals surface area contributed by atoms with Gasteiger partial charge in [-0.1, -0.05) is 26.7 Å². The Balaban J connectivity index is 1.49. The Hall–Kier alpha value is -0.180. The van der Waals surface area contributed by atoms with Crippen molar-refractivity contribution in [3.63, 3.8) is 0 Å². The van der Waals surface area contributed by atoms with Crippen LogP contribution in [0.15, 0.2) is 0 Å². The molecule has 1 aliphatic heterocycles. The second-order valence-corrected chi connectivity index (χ2v) is 8.34. The summed E-state index contributed by atoms with van der Waals surface area (Å²) in [5.74, 6) is 1.58. The Kier molecular flexibility index (Phi) is 5.42. The standard InChI is InChI=1S/C19H32F2O/c1-12-3-6-14(7-4-12)17-10-8-15(11-22-17)16-9-5-13(2)18(20)19(16)21/h12-19H,3-11H2,1-2H3. The van der Waals surface area contributed by atoms with Crippen molar-refractivity contribution in [2.45, 2.75) is 83.7 Å². The molecule has 3 aliphatic rings. The van der Waals surface area contributed by atoms with Crippen LogP contribution < -0.4 is 0 Å². The third-order valence-electron chi connectivity index (χ3n) is 6.75. The molecule has 1 nitrogen and oxygen atoms in total. The zero-order chi connectivity index (χ0) is 15.7. The first kappa shape index (κ1) is 16.7. The Morgan fingerprint density at radius 1 is 0.727 bits per heavy atom. The predicted molar refractivity (Wildman–Crippen MR) is 85.3 cm³/mol. The zero-order valence-corrected chi connectivity index (χ0v) is 14.1. The van der Waals surface area contributed by atoms with Crippen molar-refractivity contribution >= 4 is 0 Å². The van der Waals surface area contributed by atoms with Gasteiger partial charge in [0.1, 0.15) is 12.3 Å². The lowest BCUT2D eigenvalue weighted by atomic mass is 9.71. The number of rotatable bonds is 2. The monoisotopic (exact) mass is 314 g/mol. The van der Waals surface area contributed by atoms with Crippen LogP contribution >= 0.6 is 0 Å². The molecule has 0 aromatic rings. The molecule has 6 unspecified atom stereocenters. The van der Waals surface area contributed by atoms with Crippen molar-refractivity contribution in [2.24, 2.45) is 29.6 Å². The molecule has 128 valence electrons. The van der Waals surface area contributed by atoms with E-state index in [4.69, 9.17) is 4.74 Å². The predicted octanol–water partition coefficient (Wildman–Crippen LogP) is 5.33. The average Bonchev–Trinajstić information content (AvgIpc) is 2.54. The SMILES string of the molecule is CC1CCC(C2CCC(C3CCC(C)C(F)C3F)CO2)CC1. The minimum Gasteiger partial charge on any atom is -0.378 e. The fraction of sp³-hybridized carbons (Fsp3) is 1.00. The van der Waals surface area contributed by atoms with Gasteiger partial charge in [0, 0.05) is 0 Å². The van der Waals surface area contributed by atoms with E-state index in [1.54, 1.807) is 0 Å². The molecular formula is C19H32F2O. The van der Waals surface area contributed by atoms with Crippen molar-refractivity contribution in [3.05, 3.63) is 0 Å². The van der Waals surface area contributed by atoms with Gasteiger partial charge in [-0.05, 0) is 68.1 Å². The third kappa shape index (κ3) is 3.49. The Bertz CT molecular complexity index is 345. The third-order valence-corrected chi connectivity index (χ3v) is 6.75. The lowest BCUT2D eigenvalue weighted by Crippen LogP contribution is -2.44. The lowest BCUT2D eigenvalue weighted by Gasteiger charge is -2.42. The fourth-order valence-corrected chi connectivity index (χ4v) is 4.98. The van der Waals surface area contributed by atoms with Crippen molar-refractivity contribution in [1.82, 2.24) is 0 Å². The Labute approximate surface area is 134 Å². The molecule has 0 aromatic heterocycles. The maximum absolute atomic E-state index is 14.3. The summed E-state index contributed by atoms with van der Waals surface area (Å²) in [6.07, 6.45) is 6.81. The first-order chi connectivity index (χ1) is 10.6. The van der Waals surface area contributed by atoms with Gasteiger partial charge in [-0.25, -0.2) is 8.78 Å². The Morgan fingerprint density at radius 2 is 1.41 bits per heavy atom. The van der Waals surface area contributed by atoms with E-state index < -0.39 is 12.3 Å². The summed E-state index contributed by atoms with van der Waals surface area (Å²) in [6, 6.07) is 0. The maximum atomic E-state index is 14.3. The number of halogens is 2. The highest BCUT2D eigenvalue weighted by Crippen LogP contribution is 2.42. The molecule has 22 heavy (non-hydrogen) atoms. The molecule has 2 saturated carbocycles. The Morgan fingerprint density at radius 3 is 2.05 bits per heavy atom. The summed E-state index contributed by atoms with van der Waals surface area (Å²) in [5, 5.41) is 0. The highest BCUT2D eigenvalue weighted by molar-refractivity contribution is 4.91. The molecule has 0 radical (unpaired) electrons. The van der Waals surface area contributed by atoms with Gasteiger partial charge in [0.2, 0.25) is 0 Å². The summed E-state index contributed by atoms with van der Waals surface area (Å²) in [4.78, 5) is 0.